The number of pyridine rings is 1. The third-order valence-electron chi connectivity index (χ3n) is 5.02. The maximum atomic E-state index is 12.8. The average Bonchev–Trinajstić information content (AvgIpc) is 2.71. The highest BCUT2D eigenvalue weighted by atomic mass is 16.3. The molecule has 0 spiro atoms. The van der Waals surface area contributed by atoms with E-state index in [0.717, 1.165) is 43.9 Å². The Morgan fingerprint density at radius 2 is 1.64 bits per heavy atom. The van der Waals surface area contributed by atoms with Crippen molar-refractivity contribution in [3.63, 3.8) is 0 Å². The monoisotopic (exact) mass is 383 g/mol. The van der Waals surface area contributed by atoms with Gasteiger partial charge in [-0.2, -0.15) is 0 Å². The van der Waals surface area contributed by atoms with Crippen LogP contribution in [-0.2, 0) is 13.1 Å². The topological polar surface area (TPSA) is 71.9 Å². The lowest BCUT2D eigenvalue weighted by molar-refractivity contribution is 0.152. The molecule has 0 atom stereocenters. The van der Waals surface area contributed by atoms with E-state index in [4.69, 9.17) is 0 Å². The first-order valence-electron chi connectivity index (χ1n) is 9.70. The Kier molecular flexibility index (Phi) is 7.22. The second-order valence-electron chi connectivity index (χ2n) is 7.25. The zero-order valence-electron chi connectivity index (χ0n) is 16.4. The molecule has 2 heterocycles. The van der Waals surface area contributed by atoms with Gasteiger partial charge >= 0.3 is 6.03 Å². The summed E-state index contributed by atoms with van der Waals surface area (Å²) in [6.07, 6.45) is 3.47. The number of hydrogen-bond acceptors (Lipinski definition) is 5. The number of benzene rings is 1. The largest absolute Gasteiger partial charge is 0.508 e. The lowest BCUT2D eigenvalue weighted by Gasteiger charge is -2.32. The molecule has 1 aromatic heterocycles. The molecule has 2 aromatic rings. The summed E-state index contributed by atoms with van der Waals surface area (Å²) in [5, 5.41) is 12.5. The van der Waals surface area contributed by atoms with Crippen molar-refractivity contribution in [2.45, 2.75) is 13.1 Å². The summed E-state index contributed by atoms with van der Waals surface area (Å²) < 4.78 is 0. The van der Waals surface area contributed by atoms with Crippen molar-refractivity contribution in [1.82, 2.24) is 25.0 Å². The van der Waals surface area contributed by atoms with E-state index in [2.05, 4.69) is 27.1 Å². The van der Waals surface area contributed by atoms with E-state index in [1.165, 1.54) is 0 Å². The molecule has 7 heteroatoms. The highest BCUT2D eigenvalue weighted by molar-refractivity contribution is 5.74. The van der Waals surface area contributed by atoms with Crippen molar-refractivity contribution in [1.29, 1.82) is 0 Å². The lowest BCUT2D eigenvalue weighted by atomic mass is 10.2. The molecule has 28 heavy (non-hydrogen) atoms. The second kappa shape index (κ2) is 10.1. The van der Waals surface area contributed by atoms with Crippen molar-refractivity contribution >= 4 is 6.03 Å². The van der Waals surface area contributed by atoms with Gasteiger partial charge in [0.05, 0.1) is 0 Å². The predicted molar refractivity (Wildman–Crippen MR) is 109 cm³/mol. The second-order valence-corrected chi connectivity index (χ2v) is 7.25. The van der Waals surface area contributed by atoms with E-state index in [1.807, 2.05) is 24.3 Å². The van der Waals surface area contributed by atoms with Gasteiger partial charge in [-0.1, -0.05) is 12.1 Å². The third kappa shape index (κ3) is 6.21. The maximum Gasteiger partial charge on any atom is 0.318 e. The Hall–Kier alpha value is -2.64. The number of likely N-dealkylation sites (N-methyl/N-ethyl adjacent to an activating group) is 1. The highest BCUT2D eigenvalue weighted by Crippen LogP contribution is 2.14. The molecular formula is C21H29N5O2. The predicted octanol–water partition coefficient (Wildman–Crippen LogP) is 1.75. The van der Waals surface area contributed by atoms with E-state index in [1.54, 1.807) is 29.4 Å². The molecule has 3 rings (SSSR count). The normalized spacial score (nSPS) is 15.3. The van der Waals surface area contributed by atoms with Crippen LogP contribution in [0.3, 0.4) is 0 Å². The van der Waals surface area contributed by atoms with Crippen LogP contribution < -0.4 is 5.32 Å². The molecule has 1 aliphatic heterocycles. The van der Waals surface area contributed by atoms with Crippen LogP contribution in [0.1, 0.15) is 11.1 Å². The number of nitrogens with one attached hydrogen (secondary N) is 1. The van der Waals surface area contributed by atoms with Crippen molar-refractivity contribution in [3.8, 4) is 5.75 Å². The van der Waals surface area contributed by atoms with Crippen molar-refractivity contribution in [2.24, 2.45) is 0 Å². The SMILES string of the molecule is CN1CCN(CCNC(=O)N(Cc2ccncc2)Cc2ccc(O)cc2)CC1. The Morgan fingerprint density at radius 1 is 1.04 bits per heavy atom. The number of nitrogens with zero attached hydrogens (tertiary/aromatic N) is 4. The molecule has 7 nitrogen and oxygen atoms in total. The Labute approximate surface area is 166 Å². The molecule has 0 bridgehead atoms. The molecule has 1 saturated heterocycles. The number of phenolic OH excluding ortho intramolecular Hbond substituents is 1. The molecule has 150 valence electrons. The van der Waals surface area contributed by atoms with Crippen LogP contribution in [-0.4, -0.2) is 77.1 Å². The van der Waals surface area contributed by atoms with E-state index in [0.29, 0.717) is 19.6 Å². The minimum Gasteiger partial charge on any atom is -0.508 e. The first kappa shape index (κ1) is 20.1. The molecule has 2 amide bonds. The lowest BCUT2D eigenvalue weighted by Crippen LogP contribution is -2.48. The van der Waals surface area contributed by atoms with Gasteiger partial charge in [0.15, 0.2) is 0 Å². The zero-order chi connectivity index (χ0) is 19.8. The van der Waals surface area contributed by atoms with Gasteiger partial charge in [0.1, 0.15) is 5.75 Å². The fraction of sp³-hybridized carbons (Fsp3) is 0.429. The number of aromatic nitrogens is 1. The molecule has 1 aliphatic rings. The summed E-state index contributed by atoms with van der Waals surface area (Å²) in [5.41, 5.74) is 2.00. The summed E-state index contributed by atoms with van der Waals surface area (Å²) in [5.74, 6) is 0.223. The van der Waals surface area contributed by atoms with Crippen LogP contribution in [0.5, 0.6) is 5.75 Å². The standard InChI is InChI=1S/C21H29N5O2/c1-24-12-14-25(15-13-24)11-10-23-21(28)26(17-19-6-8-22-9-7-19)16-18-2-4-20(27)5-3-18/h2-9,27H,10-17H2,1H3,(H,23,28). The number of carbonyl (C=O) groups is 1. The van der Waals surface area contributed by atoms with Crippen LogP contribution in [0.25, 0.3) is 0 Å². The summed E-state index contributed by atoms with van der Waals surface area (Å²) in [4.78, 5) is 23.4. The van der Waals surface area contributed by atoms with Gasteiger partial charge in [-0.15, -0.1) is 0 Å². The summed E-state index contributed by atoms with van der Waals surface area (Å²) in [7, 11) is 2.14. The van der Waals surface area contributed by atoms with Gasteiger partial charge in [-0.3, -0.25) is 9.88 Å². The Morgan fingerprint density at radius 3 is 2.29 bits per heavy atom. The number of urea groups is 1. The molecular weight excluding hydrogens is 354 g/mol. The smallest absolute Gasteiger partial charge is 0.318 e. The van der Waals surface area contributed by atoms with Crippen LogP contribution in [0.4, 0.5) is 4.79 Å². The summed E-state index contributed by atoms with van der Waals surface area (Å²) >= 11 is 0. The van der Waals surface area contributed by atoms with Crippen LogP contribution >= 0.6 is 0 Å². The van der Waals surface area contributed by atoms with Gasteiger partial charge in [0, 0.05) is 64.8 Å². The minimum atomic E-state index is -0.0842. The molecule has 1 aromatic carbocycles. The van der Waals surface area contributed by atoms with Gasteiger partial charge in [-0.05, 0) is 42.4 Å². The van der Waals surface area contributed by atoms with Crippen LogP contribution in [0.2, 0.25) is 0 Å². The highest BCUT2D eigenvalue weighted by Gasteiger charge is 2.17. The fourth-order valence-electron chi connectivity index (χ4n) is 3.23. The number of amides is 2. The minimum absolute atomic E-state index is 0.0842. The van der Waals surface area contributed by atoms with Gasteiger partial charge < -0.3 is 20.2 Å². The average molecular weight is 383 g/mol. The first-order chi connectivity index (χ1) is 13.6. The summed E-state index contributed by atoms with van der Waals surface area (Å²) in [6, 6.07) is 10.7. The van der Waals surface area contributed by atoms with Crippen LogP contribution in [0.15, 0.2) is 48.8 Å². The number of aromatic hydroxyl groups is 1. The molecule has 0 aliphatic carbocycles. The zero-order valence-corrected chi connectivity index (χ0v) is 16.4. The van der Waals surface area contributed by atoms with E-state index in [-0.39, 0.29) is 11.8 Å². The van der Waals surface area contributed by atoms with Crippen molar-refractivity contribution in [3.05, 3.63) is 59.9 Å². The van der Waals surface area contributed by atoms with E-state index < -0.39 is 0 Å². The molecule has 0 radical (unpaired) electrons. The quantitative estimate of drug-likeness (QED) is 0.762. The number of carbonyl (C=O) groups excluding carboxylic acids is 1. The molecule has 0 saturated carbocycles. The number of hydrogen-bond donors (Lipinski definition) is 2. The molecule has 1 fully saturated rings. The van der Waals surface area contributed by atoms with Gasteiger partial charge in [-0.25, -0.2) is 4.79 Å². The van der Waals surface area contributed by atoms with E-state index >= 15 is 0 Å². The van der Waals surface area contributed by atoms with E-state index in [9.17, 15) is 9.90 Å². The number of piperazine rings is 1. The Balaban J connectivity index is 1.56. The van der Waals surface area contributed by atoms with Crippen molar-refractivity contribution in [2.75, 3.05) is 46.3 Å². The van der Waals surface area contributed by atoms with Gasteiger partial charge in [0.2, 0.25) is 0 Å². The third-order valence-corrected chi connectivity index (χ3v) is 5.02. The van der Waals surface area contributed by atoms with Crippen molar-refractivity contribution < 1.29 is 9.90 Å². The number of phenols is 1. The molecule has 0 unspecified atom stereocenters. The molecule has 2 N–H and O–H groups in total. The van der Waals surface area contributed by atoms with Crippen LogP contribution in [0, 0.1) is 0 Å². The first-order valence-corrected chi connectivity index (χ1v) is 9.70. The Bertz CT molecular complexity index is 730. The summed E-state index contributed by atoms with van der Waals surface area (Å²) in [6.45, 7) is 6.70. The number of rotatable bonds is 7. The fourth-order valence-corrected chi connectivity index (χ4v) is 3.23. The maximum absolute atomic E-state index is 12.8. The van der Waals surface area contributed by atoms with Gasteiger partial charge in [0.25, 0.3) is 0 Å².